The minimum atomic E-state index is -3.88. The molecule has 0 aliphatic rings. The quantitative estimate of drug-likeness (QED) is 0.309. The third-order valence-corrected chi connectivity index (χ3v) is 6.17. The van der Waals surface area contributed by atoms with E-state index in [4.69, 9.17) is 16.3 Å². The van der Waals surface area contributed by atoms with Crippen LogP contribution in [0.2, 0.25) is 5.02 Å². The number of nitrogens with zero attached hydrogens (tertiary/aromatic N) is 2. The molecule has 0 spiro atoms. The van der Waals surface area contributed by atoms with Gasteiger partial charge in [0, 0.05) is 0 Å². The molecule has 30 heavy (non-hydrogen) atoms. The van der Waals surface area contributed by atoms with E-state index in [1.165, 1.54) is 0 Å². The molecule has 0 fully saturated rings. The Bertz CT molecular complexity index is 1160. The Balaban J connectivity index is 1.83. The number of carbonyl (C=O) groups excluding carboxylic acids is 1. The second-order valence-corrected chi connectivity index (χ2v) is 9.50. The maximum Gasteiger partial charge on any atom is 0.364 e. The third-order valence-electron chi connectivity index (χ3n) is 4.43. The molecule has 156 valence electrons. The number of aryl methyl sites for hydroxylation is 1. The zero-order valence-electron chi connectivity index (χ0n) is 16.8. The van der Waals surface area contributed by atoms with Crippen molar-refractivity contribution < 1.29 is 17.9 Å². The van der Waals surface area contributed by atoms with Crippen molar-refractivity contribution in [2.24, 2.45) is 0 Å². The highest BCUT2D eigenvalue weighted by atomic mass is 35.5. The second-order valence-electron chi connectivity index (χ2n) is 7.21. The fraction of sp³-hybridized carbons (Fsp3) is 0.227. The molecule has 0 bridgehead atoms. The van der Waals surface area contributed by atoms with Gasteiger partial charge in [-0.1, -0.05) is 67.4 Å². The van der Waals surface area contributed by atoms with E-state index in [-0.39, 0.29) is 16.5 Å². The summed E-state index contributed by atoms with van der Waals surface area (Å²) in [6.07, 6.45) is 1.09. The van der Waals surface area contributed by atoms with Crippen molar-refractivity contribution in [2.75, 3.05) is 0 Å². The summed E-state index contributed by atoms with van der Waals surface area (Å²) >= 11 is 6.03. The fourth-order valence-corrected chi connectivity index (χ4v) is 4.06. The predicted molar refractivity (Wildman–Crippen MR) is 115 cm³/mol. The molecule has 0 N–H and O–H groups in total. The second kappa shape index (κ2) is 8.93. The molecule has 3 aromatic rings. The molecular formula is C22H21ClN2O4S. The van der Waals surface area contributed by atoms with Crippen molar-refractivity contribution in [3.8, 4) is 5.75 Å². The number of carbonyl (C=O) groups is 1. The lowest BCUT2D eigenvalue weighted by Crippen LogP contribution is -2.16. The molecule has 6 nitrogen and oxygen atoms in total. The standard InChI is InChI=1S/C22H21ClN2O4S/c1-14(2)17-8-10-18(11-9-17)29-21(26)20-19(23)12-24-22(25-20)30(27,28)13-16-6-4-15(3)5-7-16/h4-12,14H,13H2,1-3H3. The van der Waals surface area contributed by atoms with Gasteiger partial charge < -0.3 is 4.74 Å². The Kier molecular flexibility index (Phi) is 6.53. The molecular weight excluding hydrogens is 424 g/mol. The highest BCUT2D eigenvalue weighted by Gasteiger charge is 2.24. The number of halogens is 1. The number of ether oxygens (including phenoxy) is 1. The van der Waals surface area contributed by atoms with Gasteiger partial charge in [-0.15, -0.1) is 0 Å². The normalized spacial score (nSPS) is 11.5. The number of benzene rings is 2. The van der Waals surface area contributed by atoms with Gasteiger partial charge in [-0.05, 0) is 36.1 Å². The Morgan fingerprint density at radius 2 is 1.70 bits per heavy atom. The number of hydrogen-bond donors (Lipinski definition) is 0. The highest BCUT2D eigenvalue weighted by molar-refractivity contribution is 7.90. The van der Waals surface area contributed by atoms with Crippen molar-refractivity contribution in [1.29, 1.82) is 0 Å². The Labute approximate surface area is 180 Å². The molecule has 0 atom stereocenters. The number of rotatable bonds is 6. The Hall–Kier alpha value is -2.77. The van der Waals surface area contributed by atoms with Crippen LogP contribution in [0.25, 0.3) is 0 Å². The van der Waals surface area contributed by atoms with Gasteiger partial charge in [0.2, 0.25) is 15.0 Å². The van der Waals surface area contributed by atoms with E-state index in [0.29, 0.717) is 17.2 Å². The maximum atomic E-state index is 12.7. The average Bonchev–Trinajstić information content (AvgIpc) is 2.70. The SMILES string of the molecule is Cc1ccc(CS(=O)(=O)c2ncc(Cl)c(C(=O)Oc3ccc(C(C)C)cc3)n2)cc1. The van der Waals surface area contributed by atoms with Gasteiger partial charge in [0.05, 0.1) is 17.0 Å². The van der Waals surface area contributed by atoms with E-state index >= 15 is 0 Å². The summed E-state index contributed by atoms with van der Waals surface area (Å²) < 4.78 is 30.7. The molecule has 0 unspecified atom stereocenters. The monoisotopic (exact) mass is 444 g/mol. The van der Waals surface area contributed by atoms with E-state index in [1.807, 2.05) is 31.2 Å². The van der Waals surface area contributed by atoms with Crippen LogP contribution in [0.3, 0.4) is 0 Å². The van der Waals surface area contributed by atoms with Gasteiger partial charge in [0.25, 0.3) is 0 Å². The fourth-order valence-electron chi connectivity index (χ4n) is 2.69. The van der Waals surface area contributed by atoms with E-state index in [0.717, 1.165) is 17.3 Å². The lowest BCUT2D eigenvalue weighted by atomic mass is 10.0. The minimum Gasteiger partial charge on any atom is -0.422 e. The zero-order chi connectivity index (χ0) is 21.9. The van der Waals surface area contributed by atoms with Gasteiger partial charge >= 0.3 is 5.97 Å². The van der Waals surface area contributed by atoms with E-state index in [2.05, 4.69) is 23.8 Å². The van der Waals surface area contributed by atoms with Crippen LogP contribution in [0.15, 0.2) is 59.9 Å². The maximum absolute atomic E-state index is 12.7. The first kappa shape index (κ1) is 21.9. The van der Waals surface area contributed by atoms with Crippen molar-refractivity contribution >= 4 is 27.4 Å². The summed E-state index contributed by atoms with van der Waals surface area (Å²) in [5.41, 5.74) is 2.40. The number of esters is 1. The van der Waals surface area contributed by atoms with Gasteiger partial charge in [-0.25, -0.2) is 23.2 Å². The summed E-state index contributed by atoms with van der Waals surface area (Å²) in [6, 6.07) is 14.1. The molecule has 0 radical (unpaired) electrons. The first-order valence-corrected chi connectivity index (χ1v) is 11.3. The molecule has 0 amide bonds. The van der Waals surface area contributed by atoms with Crippen LogP contribution in [0, 0.1) is 6.92 Å². The number of aromatic nitrogens is 2. The predicted octanol–water partition coefficient (Wildman–Crippen LogP) is 4.75. The molecule has 2 aromatic carbocycles. The van der Waals surface area contributed by atoms with Crippen LogP contribution < -0.4 is 4.74 Å². The highest BCUT2D eigenvalue weighted by Crippen LogP contribution is 2.22. The molecule has 0 saturated heterocycles. The number of hydrogen-bond acceptors (Lipinski definition) is 6. The largest absolute Gasteiger partial charge is 0.422 e. The van der Waals surface area contributed by atoms with Crippen molar-refractivity contribution in [1.82, 2.24) is 9.97 Å². The van der Waals surface area contributed by atoms with E-state index < -0.39 is 21.0 Å². The molecule has 1 heterocycles. The van der Waals surface area contributed by atoms with Crippen LogP contribution in [-0.2, 0) is 15.6 Å². The average molecular weight is 445 g/mol. The Morgan fingerprint density at radius 3 is 2.30 bits per heavy atom. The Morgan fingerprint density at radius 1 is 1.07 bits per heavy atom. The van der Waals surface area contributed by atoms with Crippen LogP contribution in [0.1, 0.15) is 46.9 Å². The summed E-state index contributed by atoms with van der Waals surface area (Å²) in [5, 5.41) is -0.567. The molecule has 1 aromatic heterocycles. The van der Waals surface area contributed by atoms with E-state index in [1.54, 1.807) is 24.3 Å². The third kappa shape index (κ3) is 5.23. The van der Waals surface area contributed by atoms with Crippen LogP contribution in [-0.4, -0.2) is 24.4 Å². The van der Waals surface area contributed by atoms with Crippen LogP contribution >= 0.6 is 11.6 Å². The summed E-state index contributed by atoms with van der Waals surface area (Å²) in [5.74, 6) is -0.498. The molecule has 3 rings (SSSR count). The molecule has 0 saturated carbocycles. The van der Waals surface area contributed by atoms with Crippen molar-refractivity contribution in [2.45, 2.75) is 37.6 Å². The van der Waals surface area contributed by atoms with Crippen LogP contribution in [0.4, 0.5) is 0 Å². The van der Waals surface area contributed by atoms with Crippen LogP contribution in [0.5, 0.6) is 5.75 Å². The van der Waals surface area contributed by atoms with Crippen molar-refractivity contribution in [3.05, 3.63) is 82.1 Å². The topological polar surface area (TPSA) is 86.2 Å². The van der Waals surface area contributed by atoms with Gasteiger partial charge in [-0.3, -0.25) is 0 Å². The summed E-state index contributed by atoms with van der Waals surface area (Å²) in [6.45, 7) is 6.02. The van der Waals surface area contributed by atoms with Gasteiger partial charge in [0.1, 0.15) is 5.75 Å². The minimum absolute atomic E-state index is 0.0897. The van der Waals surface area contributed by atoms with E-state index in [9.17, 15) is 13.2 Å². The first-order valence-electron chi connectivity index (χ1n) is 9.28. The summed E-state index contributed by atoms with van der Waals surface area (Å²) in [7, 11) is -3.88. The lowest BCUT2D eigenvalue weighted by Gasteiger charge is -2.09. The van der Waals surface area contributed by atoms with Crippen molar-refractivity contribution in [3.63, 3.8) is 0 Å². The molecule has 0 aliphatic heterocycles. The first-order chi connectivity index (χ1) is 14.2. The zero-order valence-corrected chi connectivity index (χ0v) is 18.4. The van der Waals surface area contributed by atoms with Gasteiger partial charge in [0.15, 0.2) is 5.69 Å². The molecule has 8 heteroatoms. The molecule has 0 aliphatic carbocycles. The summed E-state index contributed by atoms with van der Waals surface area (Å²) in [4.78, 5) is 20.2. The lowest BCUT2D eigenvalue weighted by molar-refractivity contribution is 0.0727. The number of sulfone groups is 1. The smallest absolute Gasteiger partial charge is 0.364 e. The van der Waals surface area contributed by atoms with Gasteiger partial charge in [-0.2, -0.15) is 0 Å².